The summed E-state index contributed by atoms with van der Waals surface area (Å²) in [6, 6.07) is 25.4. The predicted octanol–water partition coefficient (Wildman–Crippen LogP) is 5.71. The largest absolute Gasteiger partial charge is 0.497 e. The fourth-order valence-corrected chi connectivity index (χ4v) is 3.54. The lowest BCUT2D eigenvalue weighted by Crippen LogP contribution is -2.27. The Morgan fingerprint density at radius 3 is 2.40 bits per heavy atom. The summed E-state index contributed by atoms with van der Waals surface area (Å²) in [7, 11) is 1.64. The van der Waals surface area contributed by atoms with Crippen LogP contribution < -0.4 is 10.1 Å². The maximum absolute atomic E-state index is 13.3. The minimum atomic E-state index is -0.112. The standard InChI is InChI=1S/C26H24N2O2/c1-17-9-14-24-22(15-17)23(26(29)27-18(2)19-7-5-4-6-8-19)16-25(28-24)20-10-12-21(30-3)13-11-20/h4-16,18H,1-3H3,(H,27,29)/t18-/m0/s1. The Morgan fingerprint density at radius 1 is 0.967 bits per heavy atom. The molecule has 4 nitrogen and oxygen atoms in total. The first kappa shape index (κ1) is 19.6. The summed E-state index contributed by atoms with van der Waals surface area (Å²) in [6.45, 7) is 4.01. The third-order valence-electron chi connectivity index (χ3n) is 5.24. The van der Waals surface area contributed by atoms with Gasteiger partial charge in [-0.1, -0.05) is 42.0 Å². The molecule has 1 atom stereocenters. The van der Waals surface area contributed by atoms with Gasteiger partial charge in [0, 0.05) is 10.9 Å². The fourth-order valence-electron chi connectivity index (χ4n) is 3.54. The molecule has 4 aromatic rings. The van der Waals surface area contributed by atoms with E-state index >= 15 is 0 Å². The Balaban J connectivity index is 1.76. The van der Waals surface area contributed by atoms with Crippen LogP contribution in [0.3, 0.4) is 0 Å². The molecular weight excluding hydrogens is 372 g/mol. The number of nitrogens with zero attached hydrogens (tertiary/aromatic N) is 1. The summed E-state index contributed by atoms with van der Waals surface area (Å²) in [4.78, 5) is 18.1. The lowest BCUT2D eigenvalue weighted by molar-refractivity contribution is 0.0941. The molecule has 4 heteroatoms. The lowest BCUT2D eigenvalue weighted by atomic mass is 10.0. The first-order chi connectivity index (χ1) is 14.5. The molecule has 150 valence electrons. The molecular formula is C26H24N2O2. The lowest BCUT2D eigenvalue weighted by Gasteiger charge is -2.16. The predicted molar refractivity (Wildman–Crippen MR) is 121 cm³/mol. The molecule has 3 aromatic carbocycles. The van der Waals surface area contributed by atoms with E-state index in [0.29, 0.717) is 5.56 Å². The molecule has 1 heterocycles. The molecule has 0 unspecified atom stereocenters. The number of fused-ring (bicyclic) bond motifs is 1. The van der Waals surface area contributed by atoms with Crippen LogP contribution in [0.2, 0.25) is 0 Å². The monoisotopic (exact) mass is 396 g/mol. The van der Waals surface area contributed by atoms with Crippen molar-refractivity contribution < 1.29 is 9.53 Å². The molecule has 0 aliphatic carbocycles. The average Bonchev–Trinajstić information content (AvgIpc) is 2.79. The van der Waals surface area contributed by atoms with E-state index in [2.05, 4.69) is 5.32 Å². The van der Waals surface area contributed by atoms with E-state index in [4.69, 9.17) is 9.72 Å². The number of hydrogen-bond donors (Lipinski definition) is 1. The van der Waals surface area contributed by atoms with Gasteiger partial charge >= 0.3 is 0 Å². The third kappa shape index (κ3) is 4.03. The molecule has 0 fully saturated rings. The average molecular weight is 396 g/mol. The first-order valence-electron chi connectivity index (χ1n) is 9.97. The van der Waals surface area contributed by atoms with Gasteiger partial charge in [-0.2, -0.15) is 0 Å². The van der Waals surface area contributed by atoms with E-state index in [-0.39, 0.29) is 11.9 Å². The number of methoxy groups -OCH3 is 1. The van der Waals surface area contributed by atoms with Crippen molar-refractivity contribution in [1.82, 2.24) is 10.3 Å². The molecule has 0 saturated heterocycles. The number of pyridine rings is 1. The van der Waals surface area contributed by atoms with E-state index in [0.717, 1.165) is 39.0 Å². The topological polar surface area (TPSA) is 51.2 Å². The van der Waals surface area contributed by atoms with Crippen LogP contribution in [-0.2, 0) is 0 Å². The van der Waals surface area contributed by atoms with Gasteiger partial charge in [-0.25, -0.2) is 4.98 Å². The van der Waals surface area contributed by atoms with E-state index < -0.39 is 0 Å². The van der Waals surface area contributed by atoms with Gasteiger partial charge in [-0.05, 0) is 61.9 Å². The second kappa shape index (κ2) is 8.37. The minimum Gasteiger partial charge on any atom is -0.497 e. The fraction of sp³-hybridized carbons (Fsp3) is 0.154. The number of nitrogens with one attached hydrogen (secondary N) is 1. The summed E-state index contributed by atoms with van der Waals surface area (Å²) < 4.78 is 5.25. The summed E-state index contributed by atoms with van der Waals surface area (Å²) >= 11 is 0. The van der Waals surface area contributed by atoms with Crippen molar-refractivity contribution in [1.29, 1.82) is 0 Å². The second-order valence-corrected chi connectivity index (χ2v) is 7.41. The summed E-state index contributed by atoms with van der Waals surface area (Å²) in [6.07, 6.45) is 0. The van der Waals surface area contributed by atoms with Crippen molar-refractivity contribution in [3.63, 3.8) is 0 Å². The molecule has 1 aromatic heterocycles. The Hall–Kier alpha value is -3.66. The zero-order valence-corrected chi connectivity index (χ0v) is 17.3. The quantitative estimate of drug-likeness (QED) is 0.470. The number of carbonyl (C=O) groups excluding carboxylic acids is 1. The van der Waals surface area contributed by atoms with Gasteiger partial charge in [0.25, 0.3) is 5.91 Å². The van der Waals surface area contributed by atoms with E-state index in [1.165, 1.54) is 0 Å². The molecule has 1 amide bonds. The second-order valence-electron chi connectivity index (χ2n) is 7.41. The molecule has 0 saturated carbocycles. The van der Waals surface area contributed by atoms with Gasteiger partial charge in [-0.3, -0.25) is 4.79 Å². The van der Waals surface area contributed by atoms with Crippen LogP contribution in [0, 0.1) is 6.92 Å². The number of rotatable bonds is 5. The Morgan fingerprint density at radius 2 is 1.70 bits per heavy atom. The SMILES string of the molecule is COc1ccc(-c2cc(C(=O)N[C@@H](C)c3ccccc3)c3cc(C)ccc3n2)cc1. The minimum absolute atomic E-state index is 0.101. The number of benzene rings is 3. The number of aromatic nitrogens is 1. The maximum Gasteiger partial charge on any atom is 0.252 e. The number of hydrogen-bond acceptors (Lipinski definition) is 3. The smallest absolute Gasteiger partial charge is 0.252 e. The number of amides is 1. The number of aryl methyl sites for hydroxylation is 1. The van der Waals surface area contributed by atoms with Crippen molar-refractivity contribution in [2.75, 3.05) is 7.11 Å². The van der Waals surface area contributed by atoms with Crippen LogP contribution in [0.25, 0.3) is 22.2 Å². The molecule has 0 bridgehead atoms. The highest BCUT2D eigenvalue weighted by Crippen LogP contribution is 2.27. The van der Waals surface area contributed by atoms with Gasteiger partial charge in [0.05, 0.1) is 29.9 Å². The molecule has 0 aliphatic heterocycles. The number of carbonyl (C=O) groups is 1. The van der Waals surface area contributed by atoms with Crippen molar-refractivity contribution in [3.05, 3.63) is 95.6 Å². The highest BCUT2D eigenvalue weighted by molar-refractivity contribution is 6.07. The summed E-state index contributed by atoms with van der Waals surface area (Å²) in [5, 5.41) is 3.99. The molecule has 4 rings (SSSR count). The summed E-state index contributed by atoms with van der Waals surface area (Å²) in [5.74, 6) is 0.670. The maximum atomic E-state index is 13.3. The molecule has 0 spiro atoms. The van der Waals surface area contributed by atoms with Crippen molar-refractivity contribution >= 4 is 16.8 Å². The van der Waals surface area contributed by atoms with E-state index in [1.54, 1.807) is 7.11 Å². The zero-order valence-electron chi connectivity index (χ0n) is 17.3. The molecule has 0 radical (unpaired) electrons. The molecule has 30 heavy (non-hydrogen) atoms. The normalized spacial score (nSPS) is 11.8. The van der Waals surface area contributed by atoms with Gasteiger partial charge < -0.3 is 10.1 Å². The van der Waals surface area contributed by atoms with Gasteiger partial charge in [-0.15, -0.1) is 0 Å². The highest BCUT2D eigenvalue weighted by Gasteiger charge is 2.17. The van der Waals surface area contributed by atoms with Crippen LogP contribution in [0.4, 0.5) is 0 Å². The van der Waals surface area contributed by atoms with Crippen LogP contribution >= 0.6 is 0 Å². The van der Waals surface area contributed by atoms with Crippen LogP contribution in [-0.4, -0.2) is 18.0 Å². The van der Waals surface area contributed by atoms with Gasteiger partial charge in [0.2, 0.25) is 0 Å². The van der Waals surface area contributed by atoms with Crippen molar-refractivity contribution in [3.8, 4) is 17.0 Å². The Labute approximate surface area is 176 Å². The van der Waals surface area contributed by atoms with Gasteiger partial charge in [0.15, 0.2) is 0 Å². The van der Waals surface area contributed by atoms with E-state index in [1.807, 2.05) is 92.7 Å². The summed E-state index contributed by atoms with van der Waals surface area (Å²) in [5.41, 5.74) is 5.26. The third-order valence-corrected chi connectivity index (χ3v) is 5.24. The highest BCUT2D eigenvalue weighted by atomic mass is 16.5. The van der Waals surface area contributed by atoms with Crippen molar-refractivity contribution in [2.45, 2.75) is 19.9 Å². The first-order valence-corrected chi connectivity index (χ1v) is 9.97. The van der Waals surface area contributed by atoms with Crippen LogP contribution in [0.5, 0.6) is 5.75 Å². The zero-order chi connectivity index (χ0) is 21.1. The number of ether oxygens (including phenoxy) is 1. The molecule has 1 N–H and O–H groups in total. The Bertz CT molecular complexity index is 1190. The van der Waals surface area contributed by atoms with E-state index in [9.17, 15) is 4.79 Å². The Kier molecular flexibility index (Phi) is 5.48. The van der Waals surface area contributed by atoms with Crippen LogP contribution in [0.15, 0.2) is 78.9 Å². The molecule has 0 aliphatic rings. The van der Waals surface area contributed by atoms with Crippen LogP contribution in [0.1, 0.15) is 34.5 Å². The van der Waals surface area contributed by atoms with Crippen molar-refractivity contribution in [2.24, 2.45) is 0 Å². The van der Waals surface area contributed by atoms with Gasteiger partial charge in [0.1, 0.15) is 5.75 Å².